The smallest absolute Gasteiger partial charge is 0.154 e. The van der Waals surface area contributed by atoms with Gasteiger partial charge in [0.25, 0.3) is 0 Å². The molecule has 0 unspecified atom stereocenters. The van der Waals surface area contributed by atoms with Gasteiger partial charge in [-0.15, -0.1) is 0 Å². The Balaban J connectivity index is 1.77. The second kappa shape index (κ2) is 7.70. The second-order valence-corrected chi connectivity index (χ2v) is 6.49. The van der Waals surface area contributed by atoms with Crippen molar-refractivity contribution < 1.29 is 4.74 Å². The Morgan fingerprint density at radius 2 is 2.15 bits per heavy atom. The first-order chi connectivity index (χ1) is 9.65. The summed E-state index contributed by atoms with van der Waals surface area (Å²) in [5.41, 5.74) is 8.60. The summed E-state index contributed by atoms with van der Waals surface area (Å²) in [6.45, 7) is 5.99. The first-order valence-electron chi connectivity index (χ1n) is 7.28. The van der Waals surface area contributed by atoms with Crippen LogP contribution in [0.3, 0.4) is 0 Å². The SMILES string of the molecule is CC(C)c1ccc(CSC(N)=NC[C@@H]2CCCO2)cc1. The van der Waals surface area contributed by atoms with Crippen molar-refractivity contribution in [2.24, 2.45) is 10.7 Å². The van der Waals surface area contributed by atoms with E-state index in [4.69, 9.17) is 10.5 Å². The summed E-state index contributed by atoms with van der Waals surface area (Å²) in [7, 11) is 0. The molecule has 0 bridgehead atoms. The predicted molar refractivity (Wildman–Crippen MR) is 87.3 cm³/mol. The molecule has 3 nitrogen and oxygen atoms in total. The fourth-order valence-electron chi connectivity index (χ4n) is 2.18. The van der Waals surface area contributed by atoms with Crippen LogP contribution in [-0.2, 0) is 10.5 Å². The highest BCUT2D eigenvalue weighted by atomic mass is 32.2. The van der Waals surface area contributed by atoms with E-state index >= 15 is 0 Å². The van der Waals surface area contributed by atoms with E-state index in [1.54, 1.807) is 11.8 Å². The maximum atomic E-state index is 5.94. The molecule has 1 aromatic carbocycles. The predicted octanol–water partition coefficient (Wildman–Crippen LogP) is 3.54. The highest BCUT2D eigenvalue weighted by Crippen LogP contribution is 2.18. The van der Waals surface area contributed by atoms with Gasteiger partial charge in [-0.3, -0.25) is 4.99 Å². The third-order valence-corrected chi connectivity index (χ3v) is 4.41. The zero-order valence-electron chi connectivity index (χ0n) is 12.3. The summed E-state index contributed by atoms with van der Waals surface area (Å²) in [5, 5.41) is 0.661. The van der Waals surface area contributed by atoms with Gasteiger partial charge in [0, 0.05) is 12.4 Å². The maximum absolute atomic E-state index is 5.94. The Labute approximate surface area is 126 Å². The number of hydrogen-bond acceptors (Lipinski definition) is 3. The van der Waals surface area contributed by atoms with Gasteiger partial charge < -0.3 is 10.5 Å². The molecule has 4 heteroatoms. The molecule has 1 aromatic rings. The van der Waals surface area contributed by atoms with Gasteiger partial charge in [-0.2, -0.15) is 0 Å². The summed E-state index contributed by atoms with van der Waals surface area (Å²) in [4.78, 5) is 4.40. The van der Waals surface area contributed by atoms with Gasteiger partial charge in [0.05, 0.1) is 12.6 Å². The minimum atomic E-state index is 0.277. The van der Waals surface area contributed by atoms with Gasteiger partial charge in [-0.25, -0.2) is 0 Å². The minimum absolute atomic E-state index is 0.277. The van der Waals surface area contributed by atoms with Crippen LogP contribution < -0.4 is 5.73 Å². The molecule has 20 heavy (non-hydrogen) atoms. The molecule has 1 aliphatic heterocycles. The second-order valence-electron chi connectivity index (χ2n) is 5.50. The quantitative estimate of drug-likeness (QED) is 0.667. The number of ether oxygens (including phenoxy) is 1. The summed E-state index contributed by atoms with van der Waals surface area (Å²) >= 11 is 1.60. The van der Waals surface area contributed by atoms with E-state index in [2.05, 4.69) is 43.1 Å². The van der Waals surface area contributed by atoms with Gasteiger partial charge in [0.15, 0.2) is 5.17 Å². The Hall–Kier alpha value is -1.00. The zero-order chi connectivity index (χ0) is 14.4. The van der Waals surface area contributed by atoms with E-state index in [0.717, 1.165) is 25.2 Å². The number of aliphatic imine (C=N–C) groups is 1. The molecule has 0 aromatic heterocycles. The lowest BCUT2D eigenvalue weighted by molar-refractivity contribution is 0.118. The van der Waals surface area contributed by atoms with Crippen LogP contribution in [0, 0.1) is 0 Å². The molecular formula is C16H24N2OS. The third kappa shape index (κ3) is 4.84. The topological polar surface area (TPSA) is 47.6 Å². The van der Waals surface area contributed by atoms with E-state index in [0.29, 0.717) is 17.6 Å². The number of nitrogens with two attached hydrogens (primary N) is 1. The molecule has 110 valence electrons. The van der Waals surface area contributed by atoms with Gasteiger partial charge in [-0.1, -0.05) is 49.9 Å². The number of rotatable bonds is 5. The van der Waals surface area contributed by atoms with Crippen molar-refractivity contribution in [1.29, 1.82) is 0 Å². The summed E-state index contributed by atoms with van der Waals surface area (Å²) in [6, 6.07) is 8.74. The van der Waals surface area contributed by atoms with Crippen LogP contribution in [0.1, 0.15) is 43.7 Å². The first-order valence-corrected chi connectivity index (χ1v) is 8.27. The minimum Gasteiger partial charge on any atom is -0.379 e. The van der Waals surface area contributed by atoms with E-state index in [1.807, 2.05) is 0 Å². The highest BCUT2D eigenvalue weighted by Gasteiger charge is 2.14. The number of benzene rings is 1. The number of thioether (sulfide) groups is 1. The van der Waals surface area contributed by atoms with Crippen LogP contribution in [0.2, 0.25) is 0 Å². The number of hydrogen-bond donors (Lipinski definition) is 1. The van der Waals surface area contributed by atoms with Crippen LogP contribution in [0.15, 0.2) is 29.3 Å². The molecule has 1 fully saturated rings. The van der Waals surface area contributed by atoms with Gasteiger partial charge >= 0.3 is 0 Å². The molecular weight excluding hydrogens is 268 g/mol. The van der Waals surface area contributed by atoms with E-state index in [9.17, 15) is 0 Å². The lowest BCUT2D eigenvalue weighted by atomic mass is 10.0. The van der Waals surface area contributed by atoms with Crippen LogP contribution in [0.4, 0.5) is 0 Å². The maximum Gasteiger partial charge on any atom is 0.154 e. The van der Waals surface area contributed by atoms with Crippen molar-refractivity contribution in [3.8, 4) is 0 Å². The largest absolute Gasteiger partial charge is 0.379 e. The van der Waals surface area contributed by atoms with Crippen LogP contribution in [0.25, 0.3) is 0 Å². The Morgan fingerprint density at radius 3 is 2.75 bits per heavy atom. The highest BCUT2D eigenvalue weighted by molar-refractivity contribution is 8.13. The average molecular weight is 292 g/mol. The summed E-state index contributed by atoms with van der Waals surface area (Å²) in [5.74, 6) is 1.45. The lowest BCUT2D eigenvalue weighted by Crippen LogP contribution is -2.14. The number of amidine groups is 1. The van der Waals surface area contributed by atoms with Crippen molar-refractivity contribution in [1.82, 2.24) is 0 Å². The monoisotopic (exact) mass is 292 g/mol. The molecule has 0 saturated carbocycles. The normalized spacial score (nSPS) is 19.8. The Bertz CT molecular complexity index is 436. The lowest BCUT2D eigenvalue weighted by Gasteiger charge is -2.08. The molecule has 2 N–H and O–H groups in total. The summed E-state index contributed by atoms with van der Waals surface area (Å²) < 4.78 is 5.53. The first kappa shape index (κ1) is 15.4. The van der Waals surface area contributed by atoms with Crippen LogP contribution >= 0.6 is 11.8 Å². The zero-order valence-corrected chi connectivity index (χ0v) is 13.2. The van der Waals surface area contributed by atoms with Crippen LogP contribution in [-0.4, -0.2) is 24.4 Å². The van der Waals surface area contributed by atoms with Crippen molar-refractivity contribution in [2.75, 3.05) is 13.2 Å². The molecule has 0 spiro atoms. The molecule has 1 aliphatic rings. The molecule has 0 radical (unpaired) electrons. The number of nitrogens with zero attached hydrogens (tertiary/aromatic N) is 1. The van der Waals surface area contributed by atoms with Gasteiger partial charge in [-0.05, 0) is 29.9 Å². The molecule has 0 amide bonds. The van der Waals surface area contributed by atoms with E-state index in [-0.39, 0.29) is 6.10 Å². The van der Waals surface area contributed by atoms with Crippen molar-refractivity contribution in [2.45, 2.75) is 44.5 Å². The fraction of sp³-hybridized carbons (Fsp3) is 0.562. The van der Waals surface area contributed by atoms with E-state index in [1.165, 1.54) is 11.1 Å². The Morgan fingerprint density at radius 1 is 1.40 bits per heavy atom. The van der Waals surface area contributed by atoms with Crippen molar-refractivity contribution in [3.05, 3.63) is 35.4 Å². The molecule has 1 saturated heterocycles. The molecule has 0 aliphatic carbocycles. The standard InChI is InChI=1S/C16H24N2OS/c1-12(2)14-7-5-13(6-8-14)11-20-16(17)18-10-15-4-3-9-19-15/h5-8,12,15H,3-4,9-11H2,1-2H3,(H2,17,18)/t15-/m0/s1. The third-order valence-electron chi connectivity index (χ3n) is 3.51. The van der Waals surface area contributed by atoms with Crippen molar-refractivity contribution >= 4 is 16.9 Å². The molecule has 1 heterocycles. The van der Waals surface area contributed by atoms with Crippen LogP contribution in [0.5, 0.6) is 0 Å². The van der Waals surface area contributed by atoms with Gasteiger partial charge in [0.1, 0.15) is 0 Å². The average Bonchev–Trinajstić information content (AvgIpc) is 2.96. The molecule has 1 atom stereocenters. The van der Waals surface area contributed by atoms with Gasteiger partial charge in [0.2, 0.25) is 0 Å². The fourth-order valence-corrected chi connectivity index (χ4v) is 2.85. The van der Waals surface area contributed by atoms with E-state index < -0.39 is 0 Å². The molecule has 2 rings (SSSR count). The van der Waals surface area contributed by atoms with Crippen molar-refractivity contribution in [3.63, 3.8) is 0 Å². The Kier molecular flexibility index (Phi) is 5.92. The summed E-state index contributed by atoms with van der Waals surface area (Å²) in [6.07, 6.45) is 2.53.